The number of rotatable bonds is 2. The molecule has 88 valence electrons. The van der Waals surface area contributed by atoms with Gasteiger partial charge < -0.3 is 11.1 Å². The third-order valence-corrected chi connectivity index (χ3v) is 2.49. The molecule has 2 rings (SSSR count). The van der Waals surface area contributed by atoms with Crippen LogP contribution in [-0.4, -0.2) is 0 Å². The zero-order chi connectivity index (χ0) is 12.4. The predicted octanol–water partition coefficient (Wildman–Crippen LogP) is 3.94. The molecule has 0 fully saturated rings. The van der Waals surface area contributed by atoms with Crippen LogP contribution in [0.3, 0.4) is 0 Å². The Morgan fingerprint density at radius 2 is 1.65 bits per heavy atom. The van der Waals surface area contributed by atoms with Gasteiger partial charge in [0.15, 0.2) is 11.6 Å². The van der Waals surface area contributed by atoms with Crippen molar-refractivity contribution in [2.24, 2.45) is 0 Å². The zero-order valence-corrected chi connectivity index (χ0v) is 9.43. The van der Waals surface area contributed by atoms with Gasteiger partial charge in [-0.1, -0.05) is 11.6 Å². The molecule has 0 bridgehead atoms. The first-order valence-electron chi connectivity index (χ1n) is 4.84. The van der Waals surface area contributed by atoms with Crippen LogP contribution in [0.25, 0.3) is 0 Å². The molecule has 2 nitrogen and oxygen atoms in total. The second-order valence-corrected chi connectivity index (χ2v) is 3.89. The molecule has 0 atom stereocenters. The van der Waals surface area contributed by atoms with Gasteiger partial charge in [0, 0.05) is 10.7 Å². The van der Waals surface area contributed by atoms with E-state index in [0.29, 0.717) is 10.7 Å². The van der Waals surface area contributed by atoms with Gasteiger partial charge in [-0.25, -0.2) is 8.78 Å². The largest absolute Gasteiger partial charge is 0.397 e. The molecular formula is C12H9ClF2N2. The fourth-order valence-electron chi connectivity index (χ4n) is 1.37. The minimum absolute atomic E-state index is 0.0766. The van der Waals surface area contributed by atoms with Gasteiger partial charge >= 0.3 is 0 Å². The molecule has 0 radical (unpaired) electrons. The highest BCUT2D eigenvalue weighted by Crippen LogP contribution is 2.28. The number of hydrogen-bond acceptors (Lipinski definition) is 2. The molecule has 0 aromatic heterocycles. The maximum Gasteiger partial charge on any atom is 0.184 e. The van der Waals surface area contributed by atoms with E-state index in [9.17, 15) is 8.78 Å². The fourth-order valence-corrected chi connectivity index (χ4v) is 1.50. The van der Waals surface area contributed by atoms with Crippen LogP contribution in [0, 0.1) is 11.6 Å². The number of hydrogen-bond donors (Lipinski definition) is 2. The van der Waals surface area contributed by atoms with Crippen molar-refractivity contribution in [2.75, 3.05) is 11.1 Å². The number of halogens is 3. The van der Waals surface area contributed by atoms with Crippen LogP contribution in [0.5, 0.6) is 0 Å². The van der Waals surface area contributed by atoms with Gasteiger partial charge in [0.25, 0.3) is 0 Å². The summed E-state index contributed by atoms with van der Waals surface area (Å²) >= 11 is 5.72. The smallest absolute Gasteiger partial charge is 0.184 e. The Labute approximate surface area is 102 Å². The second-order valence-electron chi connectivity index (χ2n) is 3.46. The molecule has 0 unspecified atom stereocenters. The van der Waals surface area contributed by atoms with Crippen molar-refractivity contribution in [2.45, 2.75) is 0 Å². The van der Waals surface area contributed by atoms with Gasteiger partial charge in [0.2, 0.25) is 0 Å². The lowest BCUT2D eigenvalue weighted by Gasteiger charge is -2.10. The first kappa shape index (κ1) is 11.7. The lowest BCUT2D eigenvalue weighted by molar-refractivity contribution is 0.512. The molecule has 17 heavy (non-hydrogen) atoms. The van der Waals surface area contributed by atoms with Crippen LogP contribution < -0.4 is 11.1 Å². The van der Waals surface area contributed by atoms with Crippen molar-refractivity contribution in [1.29, 1.82) is 0 Å². The summed E-state index contributed by atoms with van der Waals surface area (Å²) in [6.45, 7) is 0. The van der Waals surface area contributed by atoms with Crippen molar-refractivity contribution in [3.63, 3.8) is 0 Å². The molecule has 0 saturated carbocycles. The molecule has 2 aromatic carbocycles. The first-order chi connectivity index (χ1) is 8.08. The minimum Gasteiger partial charge on any atom is -0.397 e. The van der Waals surface area contributed by atoms with Gasteiger partial charge in [-0.3, -0.25) is 0 Å². The average Bonchev–Trinajstić information content (AvgIpc) is 2.32. The van der Waals surface area contributed by atoms with Crippen LogP contribution in [0.1, 0.15) is 0 Å². The van der Waals surface area contributed by atoms with Crippen molar-refractivity contribution in [3.05, 3.63) is 53.1 Å². The Kier molecular flexibility index (Phi) is 3.15. The molecule has 3 N–H and O–H groups in total. The average molecular weight is 255 g/mol. The molecule has 0 saturated heterocycles. The van der Waals surface area contributed by atoms with E-state index in [2.05, 4.69) is 5.32 Å². The molecule has 0 aliphatic rings. The summed E-state index contributed by atoms with van der Waals surface area (Å²) in [6, 6.07) is 8.85. The SMILES string of the molecule is Nc1ccc(F)c(F)c1Nc1ccc(Cl)cc1. The number of nitrogen functional groups attached to an aromatic ring is 1. The standard InChI is InChI=1S/C12H9ClF2N2/c13-7-1-3-8(4-2-7)17-12-10(16)6-5-9(14)11(12)15/h1-6,17H,16H2. The molecule has 0 spiro atoms. The number of anilines is 3. The monoisotopic (exact) mass is 254 g/mol. The Morgan fingerprint density at radius 3 is 2.29 bits per heavy atom. The lowest BCUT2D eigenvalue weighted by Crippen LogP contribution is -2.01. The number of nitrogens with two attached hydrogens (primary N) is 1. The highest BCUT2D eigenvalue weighted by Gasteiger charge is 2.11. The Morgan fingerprint density at radius 1 is 1.00 bits per heavy atom. The van der Waals surface area contributed by atoms with Gasteiger partial charge in [-0.05, 0) is 36.4 Å². The first-order valence-corrected chi connectivity index (χ1v) is 5.22. The summed E-state index contributed by atoms with van der Waals surface area (Å²) in [6.07, 6.45) is 0. The van der Waals surface area contributed by atoms with Crippen LogP contribution in [0.15, 0.2) is 36.4 Å². The number of benzene rings is 2. The highest BCUT2D eigenvalue weighted by atomic mass is 35.5. The van der Waals surface area contributed by atoms with E-state index in [1.807, 2.05) is 0 Å². The number of nitrogens with one attached hydrogen (secondary N) is 1. The van der Waals surface area contributed by atoms with E-state index in [-0.39, 0.29) is 11.4 Å². The molecular weight excluding hydrogens is 246 g/mol. The molecule has 0 heterocycles. The molecule has 0 aliphatic carbocycles. The third kappa shape index (κ3) is 2.47. The van der Waals surface area contributed by atoms with E-state index >= 15 is 0 Å². The van der Waals surface area contributed by atoms with Crippen LogP contribution >= 0.6 is 11.6 Å². The third-order valence-electron chi connectivity index (χ3n) is 2.24. The maximum atomic E-state index is 13.5. The second kappa shape index (κ2) is 4.59. The van der Waals surface area contributed by atoms with E-state index in [1.54, 1.807) is 24.3 Å². The van der Waals surface area contributed by atoms with Crippen LogP contribution in [0.2, 0.25) is 5.02 Å². The summed E-state index contributed by atoms with van der Waals surface area (Å²) < 4.78 is 26.5. The van der Waals surface area contributed by atoms with Crippen LogP contribution in [0.4, 0.5) is 25.8 Å². The van der Waals surface area contributed by atoms with Gasteiger partial charge in [0.1, 0.15) is 5.69 Å². The molecule has 5 heteroatoms. The summed E-state index contributed by atoms with van der Waals surface area (Å²) in [5.41, 5.74) is 6.21. The van der Waals surface area contributed by atoms with Crippen molar-refractivity contribution in [1.82, 2.24) is 0 Å². The summed E-state index contributed by atoms with van der Waals surface area (Å²) in [7, 11) is 0. The summed E-state index contributed by atoms with van der Waals surface area (Å²) in [4.78, 5) is 0. The van der Waals surface area contributed by atoms with Gasteiger partial charge in [0.05, 0.1) is 5.69 Å². The fraction of sp³-hybridized carbons (Fsp3) is 0. The zero-order valence-electron chi connectivity index (χ0n) is 8.68. The predicted molar refractivity (Wildman–Crippen MR) is 65.5 cm³/mol. The Bertz CT molecular complexity index is 541. The van der Waals surface area contributed by atoms with Gasteiger partial charge in [-0.15, -0.1) is 0 Å². The van der Waals surface area contributed by atoms with Gasteiger partial charge in [-0.2, -0.15) is 0 Å². The van der Waals surface area contributed by atoms with E-state index in [4.69, 9.17) is 17.3 Å². The molecule has 2 aromatic rings. The highest BCUT2D eigenvalue weighted by molar-refractivity contribution is 6.30. The maximum absolute atomic E-state index is 13.5. The van der Waals surface area contributed by atoms with E-state index in [1.165, 1.54) is 6.07 Å². The Balaban J connectivity index is 2.36. The van der Waals surface area contributed by atoms with Crippen molar-refractivity contribution < 1.29 is 8.78 Å². The molecule has 0 amide bonds. The van der Waals surface area contributed by atoms with E-state index < -0.39 is 11.6 Å². The topological polar surface area (TPSA) is 38.0 Å². The normalized spacial score (nSPS) is 10.3. The van der Waals surface area contributed by atoms with Crippen molar-refractivity contribution in [3.8, 4) is 0 Å². The Hall–Kier alpha value is -1.81. The van der Waals surface area contributed by atoms with E-state index in [0.717, 1.165) is 6.07 Å². The van der Waals surface area contributed by atoms with Crippen LogP contribution in [-0.2, 0) is 0 Å². The van der Waals surface area contributed by atoms with Crippen molar-refractivity contribution >= 4 is 28.7 Å². The summed E-state index contributed by atoms with van der Waals surface area (Å²) in [5, 5.41) is 3.27. The summed E-state index contributed by atoms with van der Waals surface area (Å²) in [5.74, 6) is -1.95. The quantitative estimate of drug-likeness (QED) is 0.797. The molecule has 0 aliphatic heterocycles. The lowest BCUT2D eigenvalue weighted by atomic mass is 10.2. The minimum atomic E-state index is -1.00.